The molecule has 2 N–H and O–H groups in total. The second kappa shape index (κ2) is 5.26. The summed E-state index contributed by atoms with van der Waals surface area (Å²) in [4.78, 5) is 18.0. The van der Waals surface area contributed by atoms with Gasteiger partial charge in [0.15, 0.2) is 5.82 Å². The number of hydrogen-bond donors (Lipinski definition) is 2. The zero-order valence-corrected chi connectivity index (χ0v) is 11.5. The summed E-state index contributed by atoms with van der Waals surface area (Å²) in [6.45, 7) is 7.15. The molecule has 2 rings (SSSR count). The molecule has 4 nitrogen and oxygen atoms in total. The Bertz CT molecular complexity index is 594. The maximum absolute atomic E-state index is 11.4. The predicted molar refractivity (Wildman–Crippen MR) is 77.3 cm³/mol. The molecule has 0 atom stereocenters. The van der Waals surface area contributed by atoms with Gasteiger partial charge < -0.3 is 10.3 Å². The topological polar surface area (TPSA) is 57.8 Å². The van der Waals surface area contributed by atoms with Crippen LogP contribution in [-0.4, -0.2) is 9.97 Å². The van der Waals surface area contributed by atoms with Gasteiger partial charge in [-0.2, -0.15) is 0 Å². The molecule has 19 heavy (non-hydrogen) atoms. The third-order valence-corrected chi connectivity index (χ3v) is 2.99. The van der Waals surface area contributed by atoms with Crippen LogP contribution >= 0.6 is 0 Å². The summed E-state index contributed by atoms with van der Waals surface area (Å²) in [5.74, 6) is 0.349. The first-order chi connectivity index (χ1) is 8.97. The maximum Gasteiger partial charge on any atom is 0.290 e. The van der Waals surface area contributed by atoms with Crippen molar-refractivity contribution in [1.29, 1.82) is 0 Å². The SMILES string of the molecule is CC(C)(C)c1ccc(CNc2ncc[nH]c2=O)cc1. The Morgan fingerprint density at radius 1 is 1.21 bits per heavy atom. The molecule has 100 valence electrons. The third-order valence-electron chi connectivity index (χ3n) is 2.99. The number of anilines is 1. The Hall–Kier alpha value is -2.10. The highest BCUT2D eigenvalue weighted by atomic mass is 16.1. The molecule has 1 aromatic heterocycles. The molecule has 0 saturated heterocycles. The van der Waals surface area contributed by atoms with Gasteiger partial charge in [-0.25, -0.2) is 4.98 Å². The number of nitrogens with zero attached hydrogens (tertiary/aromatic N) is 1. The molecule has 0 saturated carbocycles. The lowest BCUT2D eigenvalue weighted by Crippen LogP contribution is -2.15. The average molecular weight is 257 g/mol. The zero-order chi connectivity index (χ0) is 13.9. The van der Waals surface area contributed by atoms with Crippen molar-refractivity contribution in [2.45, 2.75) is 32.7 Å². The quantitative estimate of drug-likeness (QED) is 0.888. The number of aromatic amines is 1. The van der Waals surface area contributed by atoms with Crippen molar-refractivity contribution >= 4 is 5.82 Å². The van der Waals surface area contributed by atoms with Crippen LogP contribution in [0.1, 0.15) is 31.9 Å². The number of aromatic nitrogens is 2. The molecule has 4 heteroatoms. The number of nitrogens with one attached hydrogen (secondary N) is 2. The van der Waals surface area contributed by atoms with Gasteiger partial charge in [-0.3, -0.25) is 4.79 Å². The van der Waals surface area contributed by atoms with Crippen molar-refractivity contribution in [3.05, 3.63) is 58.1 Å². The lowest BCUT2D eigenvalue weighted by molar-refractivity contribution is 0.590. The molecule has 0 unspecified atom stereocenters. The number of rotatable bonds is 3. The van der Waals surface area contributed by atoms with Crippen molar-refractivity contribution in [2.24, 2.45) is 0 Å². The van der Waals surface area contributed by atoms with Crippen LogP contribution in [-0.2, 0) is 12.0 Å². The Morgan fingerprint density at radius 2 is 1.89 bits per heavy atom. The number of H-pyrrole nitrogens is 1. The maximum atomic E-state index is 11.4. The first-order valence-corrected chi connectivity index (χ1v) is 6.34. The van der Waals surface area contributed by atoms with E-state index in [0.29, 0.717) is 12.4 Å². The largest absolute Gasteiger partial charge is 0.361 e. The number of hydrogen-bond acceptors (Lipinski definition) is 3. The van der Waals surface area contributed by atoms with E-state index in [0.717, 1.165) is 5.56 Å². The molecule has 1 aromatic carbocycles. The lowest BCUT2D eigenvalue weighted by Gasteiger charge is -2.19. The van der Waals surface area contributed by atoms with Crippen LogP contribution in [0.15, 0.2) is 41.5 Å². The minimum absolute atomic E-state index is 0.157. The van der Waals surface area contributed by atoms with Gasteiger partial charge in [0.2, 0.25) is 0 Å². The molecular formula is C15H19N3O. The molecule has 0 spiro atoms. The monoisotopic (exact) mass is 257 g/mol. The normalized spacial score (nSPS) is 11.3. The second-order valence-electron chi connectivity index (χ2n) is 5.57. The van der Waals surface area contributed by atoms with Crippen LogP contribution in [0.25, 0.3) is 0 Å². The van der Waals surface area contributed by atoms with Crippen molar-refractivity contribution in [3.8, 4) is 0 Å². The minimum atomic E-state index is -0.200. The number of benzene rings is 1. The van der Waals surface area contributed by atoms with E-state index in [9.17, 15) is 4.79 Å². The molecule has 2 aromatic rings. The van der Waals surface area contributed by atoms with Crippen molar-refractivity contribution in [3.63, 3.8) is 0 Å². The molecule has 0 aliphatic rings. The van der Waals surface area contributed by atoms with Crippen molar-refractivity contribution in [2.75, 3.05) is 5.32 Å². The van der Waals surface area contributed by atoms with Crippen LogP contribution < -0.4 is 10.9 Å². The Labute approximate surface area is 112 Å². The van der Waals surface area contributed by atoms with Gasteiger partial charge in [0, 0.05) is 18.9 Å². The van der Waals surface area contributed by atoms with E-state index in [-0.39, 0.29) is 11.0 Å². The van der Waals surface area contributed by atoms with Gasteiger partial charge in [-0.15, -0.1) is 0 Å². The summed E-state index contributed by atoms with van der Waals surface area (Å²) < 4.78 is 0. The van der Waals surface area contributed by atoms with E-state index in [1.807, 2.05) is 0 Å². The molecule has 0 radical (unpaired) electrons. The van der Waals surface area contributed by atoms with Crippen LogP contribution in [0.5, 0.6) is 0 Å². The van der Waals surface area contributed by atoms with E-state index in [1.165, 1.54) is 11.8 Å². The lowest BCUT2D eigenvalue weighted by atomic mass is 9.87. The summed E-state index contributed by atoms with van der Waals surface area (Å²) >= 11 is 0. The fraction of sp³-hybridized carbons (Fsp3) is 0.333. The fourth-order valence-electron chi connectivity index (χ4n) is 1.79. The molecule has 0 bridgehead atoms. The standard InChI is InChI=1S/C15H19N3O/c1-15(2,3)12-6-4-11(5-7-12)10-18-13-14(19)17-9-8-16-13/h4-9H,10H2,1-3H3,(H,16,18)(H,17,19). The molecule has 0 aliphatic heterocycles. The van der Waals surface area contributed by atoms with Gasteiger partial charge in [0.25, 0.3) is 5.56 Å². The molecular weight excluding hydrogens is 238 g/mol. The van der Waals surface area contributed by atoms with Crippen LogP contribution in [0, 0.1) is 0 Å². The summed E-state index contributed by atoms with van der Waals surface area (Å²) in [5, 5.41) is 3.03. The highest BCUT2D eigenvalue weighted by molar-refractivity contribution is 5.34. The summed E-state index contributed by atoms with van der Waals surface area (Å²) in [6.07, 6.45) is 3.08. The molecule has 1 heterocycles. The minimum Gasteiger partial charge on any atom is -0.361 e. The van der Waals surface area contributed by atoms with E-state index < -0.39 is 0 Å². The van der Waals surface area contributed by atoms with Gasteiger partial charge in [-0.1, -0.05) is 45.0 Å². The highest BCUT2D eigenvalue weighted by Gasteiger charge is 2.12. The van der Waals surface area contributed by atoms with Gasteiger partial charge in [0.05, 0.1) is 0 Å². The highest BCUT2D eigenvalue weighted by Crippen LogP contribution is 2.22. The molecule has 0 fully saturated rings. The zero-order valence-electron chi connectivity index (χ0n) is 11.5. The first kappa shape index (κ1) is 13.3. The van der Waals surface area contributed by atoms with Crippen LogP contribution in [0.2, 0.25) is 0 Å². The van der Waals surface area contributed by atoms with Crippen LogP contribution in [0.4, 0.5) is 5.82 Å². The van der Waals surface area contributed by atoms with Crippen LogP contribution in [0.3, 0.4) is 0 Å². The Balaban J connectivity index is 2.05. The van der Waals surface area contributed by atoms with Gasteiger partial charge in [-0.05, 0) is 16.5 Å². The smallest absolute Gasteiger partial charge is 0.290 e. The summed E-state index contributed by atoms with van der Waals surface area (Å²) in [5.41, 5.74) is 2.38. The van der Waals surface area contributed by atoms with E-state index >= 15 is 0 Å². The van der Waals surface area contributed by atoms with Crippen molar-refractivity contribution in [1.82, 2.24) is 9.97 Å². The first-order valence-electron chi connectivity index (χ1n) is 6.34. The second-order valence-corrected chi connectivity index (χ2v) is 5.57. The van der Waals surface area contributed by atoms with E-state index in [1.54, 1.807) is 6.20 Å². The Kier molecular flexibility index (Phi) is 3.69. The summed E-state index contributed by atoms with van der Waals surface area (Å²) in [7, 11) is 0. The fourth-order valence-corrected chi connectivity index (χ4v) is 1.79. The van der Waals surface area contributed by atoms with Crippen molar-refractivity contribution < 1.29 is 0 Å². The van der Waals surface area contributed by atoms with Gasteiger partial charge >= 0.3 is 0 Å². The molecule has 0 amide bonds. The third kappa shape index (κ3) is 3.44. The average Bonchev–Trinajstić information content (AvgIpc) is 2.37. The predicted octanol–water partition coefficient (Wildman–Crippen LogP) is 2.68. The van der Waals surface area contributed by atoms with E-state index in [4.69, 9.17) is 0 Å². The summed E-state index contributed by atoms with van der Waals surface area (Å²) in [6, 6.07) is 8.40. The molecule has 0 aliphatic carbocycles. The van der Waals surface area contributed by atoms with Gasteiger partial charge in [0.1, 0.15) is 0 Å². The van der Waals surface area contributed by atoms with E-state index in [2.05, 4.69) is 60.3 Å². The Morgan fingerprint density at radius 3 is 2.47 bits per heavy atom.